The Kier molecular flexibility index (Phi) is 5.50. The Morgan fingerprint density at radius 2 is 2.00 bits per heavy atom. The lowest BCUT2D eigenvalue weighted by Crippen LogP contribution is -1.98. The predicted octanol–water partition coefficient (Wildman–Crippen LogP) is 3.99. The topological polar surface area (TPSA) is 9.23 Å². The Hall–Kier alpha value is -1.42. The first-order chi connectivity index (χ1) is 7.81. The number of ether oxygens (including phenoxy) is 1. The molecule has 0 fully saturated rings. The molecule has 0 radical (unpaired) electrons. The summed E-state index contributed by atoms with van der Waals surface area (Å²) in [7, 11) is 1.69. The van der Waals surface area contributed by atoms with Crippen LogP contribution in [0.4, 0.5) is 0 Å². The number of terminal acetylenes is 1. The van der Waals surface area contributed by atoms with E-state index in [1.165, 1.54) is 24.8 Å². The van der Waals surface area contributed by atoms with E-state index in [1.807, 2.05) is 12.1 Å². The zero-order chi connectivity index (χ0) is 11.8. The van der Waals surface area contributed by atoms with E-state index in [1.54, 1.807) is 7.11 Å². The van der Waals surface area contributed by atoms with Gasteiger partial charge in [-0.05, 0) is 30.0 Å². The van der Waals surface area contributed by atoms with Crippen LogP contribution in [0.3, 0.4) is 0 Å². The van der Waals surface area contributed by atoms with E-state index < -0.39 is 0 Å². The normalized spacial score (nSPS) is 11.8. The third-order valence-corrected chi connectivity index (χ3v) is 2.86. The van der Waals surface area contributed by atoms with Gasteiger partial charge < -0.3 is 4.74 Å². The molecule has 0 aliphatic carbocycles. The van der Waals surface area contributed by atoms with Gasteiger partial charge in [-0.15, -0.1) is 12.3 Å². The Balaban J connectivity index is 2.72. The molecule has 0 bridgehead atoms. The van der Waals surface area contributed by atoms with Gasteiger partial charge in [0.15, 0.2) is 0 Å². The third kappa shape index (κ3) is 3.62. The van der Waals surface area contributed by atoms with Crippen molar-refractivity contribution in [1.82, 2.24) is 0 Å². The van der Waals surface area contributed by atoms with E-state index >= 15 is 0 Å². The molecule has 0 aromatic heterocycles. The van der Waals surface area contributed by atoms with Crippen LogP contribution in [-0.2, 0) is 0 Å². The Morgan fingerprint density at radius 1 is 1.31 bits per heavy atom. The minimum atomic E-state index is 0.496. The first-order valence-corrected chi connectivity index (χ1v) is 5.89. The van der Waals surface area contributed by atoms with E-state index in [9.17, 15) is 0 Å². The van der Waals surface area contributed by atoms with E-state index in [4.69, 9.17) is 11.2 Å². The fraction of sp³-hybridized carbons (Fsp3) is 0.467. The minimum absolute atomic E-state index is 0.496. The van der Waals surface area contributed by atoms with Gasteiger partial charge in [-0.2, -0.15) is 0 Å². The maximum Gasteiger partial charge on any atom is 0.118 e. The van der Waals surface area contributed by atoms with Gasteiger partial charge in [-0.1, -0.05) is 31.9 Å². The van der Waals surface area contributed by atoms with Crippen molar-refractivity contribution in [3.05, 3.63) is 29.8 Å². The fourth-order valence-corrected chi connectivity index (χ4v) is 1.86. The maximum atomic E-state index is 5.42. The maximum absolute atomic E-state index is 5.42. The second-order valence-electron chi connectivity index (χ2n) is 4.02. The molecule has 1 aromatic carbocycles. The first-order valence-electron chi connectivity index (χ1n) is 5.89. The van der Waals surface area contributed by atoms with E-state index in [0.717, 1.165) is 12.2 Å². The van der Waals surface area contributed by atoms with Crippen molar-refractivity contribution in [3.8, 4) is 18.1 Å². The van der Waals surface area contributed by atoms with Crippen LogP contribution in [-0.4, -0.2) is 7.11 Å². The monoisotopic (exact) mass is 216 g/mol. The molecule has 0 aliphatic rings. The van der Waals surface area contributed by atoms with Crippen molar-refractivity contribution < 1.29 is 4.74 Å². The second-order valence-corrected chi connectivity index (χ2v) is 4.02. The molecule has 0 N–H and O–H groups in total. The second kappa shape index (κ2) is 6.95. The molecule has 0 saturated carbocycles. The summed E-state index contributed by atoms with van der Waals surface area (Å²) < 4.78 is 5.15. The van der Waals surface area contributed by atoms with Gasteiger partial charge >= 0.3 is 0 Å². The molecule has 86 valence electrons. The largest absolute Gasteiger partial charge is 0.497 e. The summed E-state index contributed by atoms with van der Waals surface area (Å²) in [6.07, 6.45) is 9.87. The van der Waals surface area contributed by atoms with Gasteiger partial charge in [-0.3, -0.25) is 0 Å². The van der Waals surface area contributed by atoms with Gasteiger partial charge in [0.25, 0.3) is 0 Å². The average molecular weight is 216 g/mol. The number of benzene rings is 1. The van der Waals surface area contributed by atoms with Crippen LogP contribution in [0, 0.1) is 12.3 Å². The molecule has 0 heterocycles. The van der Waals surface area contributed by atoms with Crippen molar-refractivity contribution in [2.75, 3.05) is 7.11 Å². The van der Waals surface area contributed by atoms with Crippen molar-refractivity contribution >= 4 is 0 Å². The summed E-state index contributed by atoms with van der Waals surface area (Å²) in [6.45, 7) is 2.21. The number of hydrogen-bond donors (Lipinski definition) is 0. The zero-order valence-electron chi connectivity index (χ0n) is 10.2. The Labute approximate surface area is 98.8 Å². The molecule has 0 spiro atoms. The minimum Gasteiger partial charge on any atom is -0.497 e. The highest BCUT2D eigenvalue weighted by molar-refractivity contribution is 5.30. The van der Waals surface area contributed by atoms with Crippen molar-refractivity contribution in [2.45, 2.75) is 38.5 Å². The molecule has 1 aromatic rings. The zero-order valence-corrected chi connectivity index (χ0v) is 10.2. The average Bonchev–Trinajstić information content (AvgIpc) is 2.35. The predicted molar refractivity (Wildman–Crippen MR) is 68.7 cm³/mol. The lowest BCUT2D eigenvalue weighted by atomic mass is 9.91. The van der Waals surface area contributed by atoms with Gasteiger partial charge in [-0.25, -0.2) is 0 Å². The molecule has 0 aliphatic heterocycles. The first kappa shape index (κ1) is 12.6. The van der Waals surface area contributed by atoms with Gasteiger partial charge in [0.1, 0.15) is 5.75 Å². The lowest BCUT2D eigenvalue weighted by molar-refractivity contribution is 0.414. The lowest BCUT2D eigenvalue weighted by Gasteiger charge is -2.14. The molecule has 1 rings (SSSR count). The van der Waals surface area contributed by atoms with Gasteiger partial charge in [0.2, 0.25) is 0 Å². The molecule has 0 amide bonds. The summed E-state index contributed by atoms with van der Waals surface area (Å²) >= 11 is 0. The SMILES string of the molecule is C#CCC(CCCC)c1ccc(OC)cc1. The highest BCUT2D eigenvalue weighted by Gasteiger charge is 2.09. The van der Waals surface area contributed by atoms with Crippen LogP contribution in [0.15, 0.2) is 24.3 Å². The smallest absolute Gasteiger partial charge is 0.118 e. The van der Waals surface area contributed by atoms with Gasteiger partial charge in [0.05, 0.1) is 7.11 Å². The summed E-state index contributed by atoms with van der Waals surface area (Å²) in [5, 5.41) is 0. The van der Waals surface area contributed by atoms with E-state index in [0.29, 0.717) is 5.92 Å². The summed E-state index contributed by atoms with van der Waals surface area (Å²) in [6, 6.07) is 8.25. The fourth-order valence-electron chi connectivity index (χ4n) is 1.86. The summed E-state index contributed by atoms with van der Waals surface area (Å²) in [4.78, 5) is 0. The third-order valence-electron chi connectivity index (χ3n) is 2.86. The quantitative estimate of drug-likeness (QED) is 0.653. The van der Waals surface area contributed by atoms with E-state index in [-0.39, 0.29) is 0 Å². The van der Waals surface area contributed by atoms with Crippen LogP contribution < -0.4 is 4.74 Å². The Bertz CT molecular complexity index is 331. The molecule has 1 unspecified atom stereocenters. The molecule has 1 atom stereocenters. The van der Waals surface area contributed by atoms with Crippen LogP contribution in [0.1, 0.15) is 44.1 Å². The van der Waals surface area contributed by atoms with Crippen molar-refractivity contribution in [3.63, 3.8) is 0 Å². The van der Waals surface area contributed by atoms with Crippen molar-refractivity contribution in [1.29, 1.82) is 0 Å². The standard InChI is InChI=1S/C15H20O/c1-4-6-8-13(7-5-2)14-9-11-15(16-3)12-10-14/h2,9-13H,4,6-8H2,1,3H3. The van der Waals surface area contributed by atoms with E-state index in [2.05, 4.69) is 25.0 Å². The number of rotatable bonds is 6. The number of hydrogen-bond acceptors (Lipinski definition) is 1. The van der Waals surface area contributed by atoms with Crippen LogP contribution >= 0.6 is 0 Å². The molecule has 16 heavy (non-hydrogen) atoms. The van der Waals surface area contributed by atoms with Crippen LogP contribution in [0.25, 0.3) is 0 Å². The molecule has 1 heteroatoms. The van der Waals surface area contributed by atoms with Crippen LogP contribution in [0.5, 0.6) is 5.75 Å². The Morgan fingerprint density at radius 3 is 2.50 bits per heavy atom. The highest BCUT2D eigenvalue weighted by atomic mass is 16.5. The number of unbranched alkanes of at least 4 members (excludes halogenated alkanes) is 1. The van der Waals surface area contributed by atoms with Crippen molar-refractivity contribution in [2.24, 2.45) is 0 Å². The summed E-state index contributed by atoms with van der Waals surface area (Å²) in [5.74, 6) is 4.17. The molecular weight excluding hydrogens is 196 g/mol. The number of methoxy groups -OCH3 is 1. The van der Waals surface area contributed by atoms with Crippen LogP contribution in [0.2, 0.25) is 0 Å². The van der Waals surface area contributed by atoms with Gasteiger partial charge in [0, 0.05) is 6.42 Å². The highest BCUT2D eigenvalue weighted by Crippen LogP contribution is 2.26. The summed E-state index contributed by atoms with van der Waals surface area (Å²) in [5.41, 5.74) is 1.33. The molecular formula is C15H20O. The molecule has 0 saturated heterocycles. The molecule has 1 nitrogen and oxygen atoms in total.